The van der Waals surface area contributed by atoms with Crippen LogP contribution in [0.3, 0.4) is 0 Å². The Morgan fingerprint density at radius 2 is 0.903 bits per heavy atom. The van der Waals surface area contributed by atoms with Gasteiger partial charge in [0.1, 0.15) is 13.2 Å². The van der Waals surface area contributed by atoms with Gasteiger partial charge in [-0.3, -0.25) is 0 Å². The molecule has 2 rings (SSSR count). The van der Waals surface area contributed by atoms with Crippen LogP contribution in [0.1, 0.15) is 10.4 Å². The number of rotatable bonds is 1. The summed E-state index contributed by atoms with van der Waals surface area (Å²) in [4.78, 5) is 11.2. The average Bonchev–Trinajstić information content (AvgIpc) is 2.77. The lowest BCUT2D eigenvalue weighted by Gasteiger charge is -2.14. The second-order valence-electron chi connectivity index (χ2n) is 6.34. The second kappa shape index (κ2) is 16.7. The molecule has 0 atom stereocenters. The van der Waals surface area contributed by atoms with E-state index in [1.165, 1.54) is 12.1 Å². The van der Waals surface area contributed by atoms with Crippen LogP contribution in [0, 0.1) is 0 Å². The predicted octanol–water partition coefficient (Wildman–Crippen LogP) is 1.26. The van der Waals surface area contributed by atoms with E-state index in [4.69, 9.17) is 37.9 Å². The van der Waals surface area contributed by atoms with E-state index in [1.807, 2.05) is 0 Å². The molecule has 1 heterocycles. The Hall–Kier alpha value is -1.95. The fraction of sp³-hybridized carbons (Fsp3) is 0.667. The number of carboxylic acid groups (broad SMARTS) is 1. The zero-order valence-corrected chi connectivity index (χ0v) is 17.8. The Labute approximate surface area is 182 Å². The van der Waals surface area contributed by atoms with Gasteiger partial charge in [-0.05, 0) is 18.2 Å². The highest BCUT2D eigenvalue weighted by Crippen LogP contribution is 2.28. The molecule has 0 amide bonds. The minimum atomic E-state index is -1.04. The summed E-state index contributed by atoms with van der Waals surface area (Å²) in [6.45, 7) is 5.95. The standard InChI is InChI=1S/C21H32O10/c22-21(23)18-1-2-19-20(17-18)31-16-14-29-12-10-27-8-6-25-4-3-24-5-7-26-9-11-28-13-15-30-19/h1-2,17H,3-16H2,(H,22,23). The van der Waals surface area contributed by atoms with Gasteiger partial charge in [0, 0.05) is 0 Å². The van der Waals surface area contributed by atoms with E-state index in [2.05, 4.69) is 0 Å². The van der Waals surface area contributed by atoms with Gasteiger partial charge in [0.2, 0.25) is 0 Å². The number of carboxylic acids is 1. The van der Waals surface area contributed by atoms with Crippen LogP contribution in [0.4, 0.5) is 0 Å². The molecule has 0 unspecified atom stereocenters. The first kappa shape index (κ1) is 25.3. The van der Waals surface area contributed by atoms with Crippen LogP contribution in [0.2, 0.25) is 0 Å². The van der Waals surface area contributed by atoms with E-state index >= 15 is 0 Å². The first-order valence-corrected chi connectivity index (χ1v) is 10.4. The van der Waals surface area contributed by atoms with Crippen LogP contribution < -0.4 is 9.47 Å². The lowest BCUT2D eigenvalue weighted by molar-refractivity contribution is -0.0193. The highest BCUT2D eigenvalue weighted by Gasteiger charge is 2.11. The summed E-state index contributed by atoms with van der Waals surface area (Å²) in [6.07, 6.45) is 0. The van der Waals surface area contributed by atoms with Gasteiger partial charge >= 0.3 is 5.97 Å². The van der Waals surface area contributed by atoms with E-state index in [0.717, 1.165) is 0 Å². The molecule has 1 N–H and O–H groups in total. The molecule has 0 aromatic heterocycles. The zero-order chi connectivity index (χ0) is 22.0. The van der Waals surface area contributed by atoms with Crippen LogP contribution in [0.25, 0.3) is 0 Å². The molecule has 0 radical (unpaired) electrons. The quantitative estimate of drug-likeness (QED) is 0.679. The smallest absolute Gasteiger partial charge is 0.335 e. The molecule has 0 aliphatic carbocycles. The molecule has 0 saturated carbocycles. The van der Waals surface area contributed by atoms with Crippen molar-refractivity contribution in [3.05, 3.63) is 23.8 Å². The van der Waals surface area contributed by atoms with Gasteiger partial charge in [-0.2, -0.15) is 0 Å². The lowest BCUT2D eigenvalue weighted by atomic mass is 10.2. The monoisotopic (exact) mass is 444 g/mol. The Balaban J connectivity index is 1.80. The van der Waals surface area contributed by atoms with Crippen molar-refractivity contribution < 1.29 is 47.8 Å². The summed E-state index contributed by atoms with van der Waals surface area (Å²) in [7, 11) is 0. The van der Waals surface area contributed by atoms with E-state index in [0.29, 0.717) is 97.4 Å². The zero-order valence-electron chi connectivity index (χ0n) is 17.8. The first-order valence-electron chi connectivity index (χ1n) is 10.4. The molecule has 0 spiro atoms. The Kier molecular flexibility index (Phi) is 13.6. The molecule has 0 bridgehead atoms. The van der Waals surface area contributed by atoms with Crippen molar-refractivity contribution in [2.24, 2.45) is 0 Å². The first-order chi connectivity index (χ1) is 15.3. The molecule has 1 aromatic rings. The molecule has 1 aromatic carbocycles. The van der Waals surface area contributed by atoms with Crippen LogP contribution >= 0.6 is 0 Å². The van der Waals surface area contributed by atoms with Gasteiger partial charge in [0.25, 0.3) is 0 Å². The van der Waals surface area contributed by atoms with Crippen LogP contribution in [-0.4, -0.2) is 104 Å². The Morgan fingerprint density at radius 1 is 0.548 bits per heavy atom. The third-order valence-electron chi connectivity index (χ3n) is 4.02. The average molecular weight is 444 g/mol. The van der Waals surface area contributed by atoms with E-state index in [9.17, 15) is 9.90 Å². The van der Waals surface area contributed by atoms with Crippen molar-refractivity contribution in [3.63, 3.8) is 0 Å². The maximum atomic E-state index is 11.2. The van der Waals surface area contributed by atoms with Crippen molar-refractivity contribution in [3.8, 4) is 11.5 Å². The van der Waals surface area contributed by atoms with Gasteiger partial charge in [-0.1, -0.05) is 0 Å². The molecule has 0 fully saturated rings. The lowest BCUT2D eigenvalue weighted by Crippen LogP contribution is -2.16. The summed E-state index contributed by atoms with van der Waals surface area (Å²) in [5.74, 6) is -0.253. The molecule has 0 saturated heterocycles. The van der Waals surface area contributed by atoms with Gasteiger partial charge in [-0.15, -0.1) is 0 Å². The Bertz CT molecular complexity index is 610. The molecular formula is C21H32O10. The summed E-state index contributed by atoms with van der Waals surface area (Å²) in [5.41, 5.74) is 0.115. The normalized spacial score (nSPS) is 19.7. The topological polar surface area (TPSA) is 111 Å². The molecule has 1 aliphatic rings. The van der Waals surface area contributed by atoms with Gasteiger partial charge in [-0.25, -0.2) is 4.79 Å². The van der Waals surface area contributed by atoms with Crippen molar-refractivity contribution >= 4 is 5.97 Å². The Morgan fingerprint density at radius 3 is 1.29 bits per heavy atom. The van der Waals surface area contributed by atoms with Crippen molar-refractivity contribution in [1.29, 1.82) is 0 Å². The number of ether oxygens (including phenoxy) is 8. The predicted molar refractivity (Wildman–Crippen MR) is 109 cm³/mol. The van der Waals surface area contributed by atoms with Crippen LogP contribution in [0.15, 0.2) is 18.2 Å². The number of hydrogen-bond donors (Lipinski definition) is 1. The number of aromatic carboxylic acids is 1. The molecular weight excluding hydrogens is 412 g/mol. The van der Waals surface area contributed by atoms with Crippen molar-refractivity contribution in [2.45, 2.75) is 0 Å². The maximum Gasteiger partial charge on any atom is 0.335 e. The summed E-state index contributed by atoms with van der Waals surface area (Å²) in [5, 5.41) is 9.20. The fourth-order valence-corrected chi connectivity index (χ4v) is 2.50. The highest BCUT2D eigenvalue weighted by molar-refractivity contribution is 5.88. The summed E-state index contributed by atoms with van der Waals surface area (Å²) in [6, 6.07) is 4.47. The number of carbonyl (C=O) groups is 1. The van der Waals surface area contributed by atoms with Crippen molar-refractivity contribution in [1.82, 2.24) is 0 Å². The van der Waals surface area contributed by atoms with E-state index in [1.54, 1.807) is 6.07 Å². The molecule has 10 heteroatoms. The molecule has 1 aliphatic heterocycles. The third kappa shape index (κ3) is 11.9. The molecule has 176 valence electrons. The fourth-order valence-electron chi connectivity index (χ4n) is 2.50. The van der Waals surface area contributed by atoms with Crippen LogP contribution in [0.5, 0.6) is 11.5 Å². The van der Waals surface area contributed by atoms with Crippen molar-refractivity contribution in [2.75, 3.05) is 92.5 Å². The van der Waals surface area contributed by atoms with Crippen LogP contribution in [-0.2, 0) is 28.4 Å². The largest absolute Gasteiger partial charge is 0.487 e. The maximum absolute atomic E-state index is 11.2. The van der Waals surface area contributed by atoms with Gasteiger partial charge in [0.05, 0.1) is 84.8 Å². The second-order valence-corrected chi connectivity index (χ2v) is 6.34. The molecule has 31 heavy (non-hydrogen) atoms. The number of fused-ring (bicyclic) bond motifs is 1. The molecule has 10 nitrogen and oxygen atoms in total. The number of benzene rings is 1. The minimum Gasteiger partial charge on any atom is -0.487 e. The number of hydrogen-bond acceptors (Lipinski definition) is 9. The highest BCUT2D eigenvalue weighted by atomic mass is 16.6. The summed E-state index contributed by atoms with van der Waals surface area (Å²) >= 11 is 0. The minimum absolute atomic E-state index is 0.115. The van der Waals surface area contributed by atoms with E-state index < -0.39 is 5.97 Å². The summed E-state index contributed by atoms with van der Waals surface area (Å²) < 4.78 is 43.9. The third-order valence-corrected chi connectivity index (χ3v) is 4.02. The van der Waals surface area contributed by atoms with Gasteiger partial charge < -0.3 is 43.0 Å². The van der Waals surface area contributed by atoms with E-state index in [-0.39, 0.29) is 12.2 Å². The van der Waals surface area contributed by atoms with Gasteiger partial charge in [0.15, 0.2) is 11.5 Å². The SMILES string of the molecule is O=C(O)c1ccc2c(c1)OCCOCCOCCOCCOCCOCCOCCO2.